The minimum Gasteiger partial charge on any atom is -0.481 e. The maximum atomic E-state index is 14.1. The quantitative estimate of drug-likeness (QED) is 0.0961. The van der Waals surface area contributed by atoms with Crippen LogP contribution in [-0.4, -0.2) is 88.2 Å². The zero-order valence-corrected chi connectivity index (χ0v) is 35.3. The number of likely N-dealkylation sites (tertiary alicyclic amines) is 1. The Labute approximate surface area is 357 Å². The predicted molar refractivity (Wildman–Crippen MR) is 228 cm³/mol. The number of alkyl halides is 2. The number of rotatable bonds is 12. The second-order valence-electron chi connectivity index (χ2n) is 17.8. The van der Waals surface area contributed by atoms with E-state index in [1.165, 1.54) is 0 Å². The van der Waals surface area contributed by atoms with Gasteiger partial charge in [-0.2, -0.15) is 0 Å². The number of anilines is 3. The number of fused-ring (bicyclic) bond motifs is 4. The monoisotopic (exact) mass is 853 g/mol. The number of nitrogens with zero attached hydrogens (tertiary/aromatic N) is 7. The first-order chi connectivity index (χ1) is 29.2. The third-order valence-electron chi connectivity index (χ3n) is 13.9. The molecule has 4 aliphatic rings. The number of hydrogen-bond donors (Lipinski definition) is 4. The van der Waals surface area contributed by atoms with Crippen molar-refractivity contribution in [3.8, 4) is 11.1 Å². The van der Waals surface area contributed by atoms with Gasteiger partial charge >= 0.3 is 5.97 Å². The topological polar surface area (TPSA) is 162 Å². The molecular weight excluding hydrogens is 804 g/mol. The summed E-state index contributed by atoms with van der Waals surface area (Å²) in [6.45, 7) is 7.32. The molecule has 3 fully saturated rings. The molecule has 4 N–H and O–H groups in total. The van der Waals surface area contributed by atoms with Crippen molar-refractivity contribution < 1.29 is 28.6 Å². The van der Waals surface area contributed by atoms with Crippen LogP contribution in [0, 0.1) is 17.8 Å². The molecule has 0 radical (unpaired) electrons. The molecule has 2 atom stereocenters. The van der Waals surface area contributed by atoms with E-state index in [0.717, 1.165) is 86.1 Å². The molecule has 5 heterocycles. The van der Waals surface area contributed by atoms with E-state index in [1.54, 1.807) is 18.3 Å². The average molecular weight is 854 g/mol. The number of aliphatic hydroxyl groups is 1. The van der Waals surface area contributed by atoms with Crippen LogP contribution >= 0.6 is 11.6 Å². The van der Waals surface area contributed by atoms with Gasteiger partial charge in [0, 0.05) is 68.8 Å². The molecule has 2 saturated carbocycles. The van der Waals surface area contributed by atoms with Crippen molar-refractivity contribution >= 4 is 51.7 Å². The molecular formula is C45H50ClF2N9O4. The minimum atomic E-state index is -2.91. The van der Waals surface area contributed by atoms with Crippen LogP contribution in [0.15, 0.2) is 48.7 Å². The van der Waals surface area contributed by atoms with Gasteiger partial charge in [-0.1, -0.05) is 35.9 Å². The SMILES string of the molecule is Cc1c(Nc2nc(C(F)F)nc3cc(CN4CC(O)CC4C)cnc23)cccc1-c1cccc(NC(=O)c2nc3c(n2C)CCN(CCC24CCC(C(=O)O)(CC2)C4)C3)c1Cl. The number of aliphatic hydroxyl groups excluding tert-OH is 1. The molecule has 61 heavy (non-hydrogen) atoms. The number of aromatic nitrogens is 5. The number of carboxylic acids is 1. The molecule has 2 bridgehead atoms. The van der Waals surface area contributed by atoms with Gasteiger partial charge in [0.15, 0.2) is 17.5 Å². The first-order valence-electron chi connectivity index (χ1n) is 21.1. The van der Waals surface area contributed by atoms with Gasteiger partial charge in [-0.3, -0.25) is 24.4 Å². The van der Waals surface area contributed by atoms with Crippen molar-refractivity contribution in [2.75, 3.05) is 30.3 Å². The number of pyridine rings is 1. The molecule has 13 nitrogen and oxygen atoms in total. The number of imidazole rings is 1. The summed E-state index contributed by atoms with van der Waals surface area (Å²) in [5.74, 6) is -1.21. The summed E-state index contributed by atoms with van der Waals surface area (Å²) in [4.78, 5) is 48.1. The van der Waals surface area contributed by atoms with Gasteiger partial charge in [0.1, 0.15) is 5.52 Å². The third-order valence-corrected chi connectivity index (χ3v) is 14.3. The summed E-state index contributed by atoms with van der Waals surface area (Å²) < 4.78 is 30.1. The van der Waals surface area contributed by atoms with Gasteiger partial charge in [0.25, 0.3) is 12.3 Å². The lowest BCUT2D eigenvalue weighted by Crippen LogP contribution is -2.34. The number of halogens is 3. The van der Waals surface area contributed by atoms with Crippen molar-refractivity contribution in [1.82, 2.24) is 34.3 Å². The Kier molecular flexibility index (Phi) is 10.8. The fourth-order valence-electron chi connectivity index (χ4n) is 10.4. The Morgan fingerprint density at radius 3 is 2.51 bits per heavy atom. The van der Waals surface area contributed by atoms with Crippen molar-refractivity contribution in [3.63, 3.8) is 0 Å². The molecule has 2 aromatic carbocycles. The average Bonchev–Trinajstić information content (AvgIpc) is 3.99. The second kappa shape index (κ2) is 16.0. The highest BCUT2D eigenvalue weighted by Crippen LogP contribution is 2.63. The number of aliphatic carboxylic acids is 1. The third kappa shape index (κ3) is 7.74. The molecule has 2 unspecified atom stereocenters. The first-order valence-corrected chi connectivity index (χ1v) is 21.4. The highest BCUT2D eigenvalue weighted by molar-refractivity contribution is 6.36. The smallest absolute Gasteiger partial charge is 0.309 e. The normalized spacial score (nSPS) is 23.9. The van der Waals surface area contributed by atoms with Crippen molar-refractivity contribution in [2.45, 2.75) is 96.9 Å². The Hall–Kier alpha value is -5.09. The van der Waals surface area contributed by atoms with Gasteiger partial charge in [0.05, 0.1) is 33.4 Å². The summed E-state index contributed by atoms with van der Waals surface area (Å²) in [5.41, 5.74) is 6.09. The highest BCUT2D eigenvalue weighted by Gasteiger charge is 2.57. The molecule has 3 aromatic heterocycles. The molecule has 1 saturated heterocycles. The van der Waals surface area contributed by atoms with Crippen LogP contribution in [0.3, 0.4) is 0 Å². The molecule has 2 aliphatic carbocycles. The van der Waals surface area contributed by atoms with Crippen LogP contribution in [0.1, 0.15) is 97.3 Å². The fraction of sp³-hybridized carbons (Fsp3) is 0.467. The van der Waals surface area contributed by atoms with E-state index in [9.17, 15) is 28.6 Å². The number of nitrogens with one attached hydrogen (secondary N) is 2. The lowest BCUT2D eigenvalue weighted by molar-refractivity contribution is -0.148. The van der Waals surface area contributed by atoms with E-state index in [0.29, 0.717) is 53.5 Å². The number of carbonyl (C=O) groups excluding carboxylic acids is 1. The zero-order chi connectivity index (χ0) is 42.8. The zero-order valence-electron chi connectivity index (χ0n) is 34.5. The van der Waals surface area contributed by atoms with Crippen LogP contribution in [0.2, 0.25) is 5.02 Å². The van der Waals surface area contributed by atoms with Crippen molar-refractivity contribution in [2.24, 2.45) is 17.9 Å². The minimum absolute atomic E-state index is 0.117. The summed E-state index contributed by atoms with van der Waals surface area (Å²) in [6.07, 6.45) is 5.09. The Morgan fingerprint density at radius 1 is 1.05 bits per heavy atom. The molecule has 9 rings (SSSR count). The standard InChI is InChI=1S/C45H50ClF2N9O4/c1-25-18-28(58)22-57(25)21-27-19-33-37(49-20-27)39(54-40(51-33)38(47)48)50-31-8-4-6-29(26(31)2)30-7-5-9-32(36(30)46)53-42(59)41-52-34-23-56(16-10-35(34)55(41)3)17-15-44-11-13-45(24-44,14-12-44)43(60)61/h4-9,19-20,25,28,38,58H,10-18,21-24H2,1-3H3,(H,53,59)(H,60,61)(H,50,51,54). The Morgan fingerprint density at radius 2 is 1.80 bits per heavy atom. The van der Waals surface area contributed by atoms with Crippen LogP contribution in [0.25, 0.3) is 22.2 Å². The Balaban J connectivity index is 0.909. The maximum Gasteiger partial charge on any atom is 0.309 e. The molecule has 1 amide bonds. The van der Waals surface area contributed by atoms with E-state index in [1.807, 2.05) is 55.8 Å². The fourth-order valence-corrected chi connectivity index (χ4v) is 10.7. The lowest BCUT2D eigenvalue weighted by Gasteiger charge is -2.32. The molecule has 2 aliphatic heterocycles. The van der Waals surface area contributed by atoms with E-state index >= 15 is 0 Å². The molecule has 320 valence electrons. The van der Waals surface area contributed by atoms with Crippen LogP contribution in [-0.2, 0) is 31.4 Å². The Bertz CT molecular complexity index is 2540. The van der Waals surface area contributed by atoms with Crippen LogP contribution < -0.4 is 10.6 Å². The van der Waals surface area contributed by atoms with Crippen LogP contribution in [0.5, 0.6) is 0 Å². The van der Waals surface area contributed by atoms with Gasteiger partial charge < -0.3 is 25.4 Å². The predicted octanol–water partition coefficient (Wildman–Crippen LogP) is 8.06. The van der Waals surface area contributed by atoms with Crippen molar-refractivity contribution in [3.05, 3.63) is 87.8 Å². The van der Waals surface area contributed by atoms with E-state index < -0.39 is 29.7 Å². The first kappa shape index (κ1) is 41.3. The summed E-state index contributed by atoms with van der Waals surface area (Å²) >= 11 is 7.05. The van der Waals surface area contributed by atoms with Crippen molar-refractivity contribution in [1.29, 1.82) is 0 Å². The number of carboxylic acid groups (broad SMARTS) is 1. The molecule has 16 heteroatoms. The van der Waals surface area contributed by atoms with Gasteiger partial charge in [-0.25, -0.2) is 23.7 Å². The number of amides is 1. The number of hydrogen-bond acceptors (Lipinski definition) is 10. The maximum absolute atomic E-state index is 14.1. The summed E-state index contributed by atoms with van der Waals surface area (Å²) in [5, 5.41) is 26.5. The number of benzene rings is 2. The summed E-state index contributed by atoms with van der Waals surface area (Å²) in [6, 6.07) is 12.9. The number of carbonyl (C=O) groups is 2. The van der Waals surface area contributed by atoms with E-state index in [2.05, 4.69) is 35.4 Å². The van der Waals surface area contributed by atoms with Gasteiger partial charge in [-0.15, -0.1) is 0 Å². The highest BCUT2D eigenvalue weighted by atomic mass is 35.5. The van der Waals surface area contributed by atoms with Crippen LogP contribution in [0.4, 0.5) is 26.0 Å². The number of β-amino-alcohol motifs (C(OH)–C–C–N with tert-alkyl or cyclic N) is 1. The molecule has 5 aromatic rings. The second-order valence-corrected chi connectivity index (χ2v) is 18.1. The van der Waals surface area contributed by atoms with Gasteiger partial charge in [-0.05, 0) is 106 Å². The van der Waals surface area contributed by atoms with E-state index in [-0.39, 0.29) is 34.5 Å². The largest absolute Gasteiger partial charge is 0.481 e. The molecule has 0 spiro atoms. The lowest BCUT2D eigenvalue weighted by atomic mass is 9.80. The van der Waals surface area contributed by atoms with Gasteiger partial charge in [0.2, 0.25) is 0 Å². The summed E-state index contributed by atoms with van der Waals surface area (Å²) in [7, 11) is 1.86. The van der Waals surface area contributed by atoms with E-state index in [4.69, 9.17) is 16.6 Å².